The number of rotatable bonds is 4. The van der Waals surface area contributed by atoms with Gasteiger partial charge in [-0.2, -0.15) is 4.99 Å². The number of nitrogens with zero attached hydrogens (tertiary/aromatic N) is 2. The summed E-state index contributed by atoms with van der Waals surface area (Å²) in [4.78, 5) is 27.8. The van der Waals surface area contributed by atoms with Gasteiger partial charge in [-0.15, -0.1) is 0 Å². The van der Waals surface area contributed by atoms with Crippen molar-refractivity contribution < 1.29 is 27.5 Å². The van der Waals surface area contributed by atoms with Gasteiger partial charge < -0.3 is 13.7 Å². The van der Waals surface area contributed by atoms with Crippen LogP contribution < -0.4 is 4.80 Å². The van der Waals surface area contributed by atoms with E-state index in [2.05, 4.69) is 4.99 Å². The molecule has 0 aliphatic rings. The highest BCUT2D eigenvalue weighted by Crippen LogP contribution is 2.22. The highest BCUT2D eigenvalue weighted by atomic mass is 32.1. The molecule has 0 unspecified atom stereocenters. The number of aromatic nitrogens is 1. The fourth-order valence-corrected chi connectivity index (χ4v) is 3.31. The van der Waals surface area contributed by atoms with Crippen LogP contribution in [0.5, 0.6) is 0 Å². The van der Waals surface area contributed by atoms with Crippen LogP contribution >= 0.6 is 11.3 Å². The van der Waals surface area contributed by atoms with Crippen molar-refractivity contribution in [1.29, 1.82) is 0 Å². The Balaban J connectivity index is 2.17. The van der Waals surface area contributed by atoms with Crippen molar-refractivity contribution >= 4 is 33.4 Å². The predicted molar refractivity (Wildman–Crippen MR) is 85.0 cm³/mol. The van der Waals surface area contributed by atoms with Crippen LogP contribution in [-0.2, 0) is 16.1 Å². The summed E-state index contributed by atoms with van der Waals surface area (Å²) < 4.78 is 38.9. The van der Waals surface area contributed by atoms with Gasteiger partial charge in [-0.05, 0) is 25.1 Å². The second kappa shape index (κ2) is 6.98. The Morgan fingerprint density at radius 1 is 1.36 bits per heavy atom. The van der Waals surface area contributed by atoms with Gasteiger partial charge in [0, 0.05) is 6.07 Å². The highest BCUT2D eigenvalue weighted by Gasteiger charge is 2.17. The van der Waals surface area contributed by atoms with Crippen molar-refractivity contribution in [2.75, 3.05) is 6.61 Å². The molecule has 3 rings (SSSR count). The minimum atomic E-state index is -0.859. The van der Waals surface area contributed by atoms with Crippen LogP contribution in [0.1, 0.15) is 17.5 Å². The lowest BCUT2D eigenvalue weighted by molar-refractivity contribution is -0.143. The van der Waals surface area contributed by atoms with Crippen LogP contribution in [-0.4, -0.2) is 23.1 Å². The van der Waals surface area contributed by atoms with E-state index in [0.717, 1.165) is 17.4 Å². The lowest BCUT2D eigenvalue weighted by Gasteiger charge is -2.05. The smallest absolute Gasteiger partial charge is 0.326 e. The third kappa shape index (κ3) is 3.50. The Bertz CT molecular complexity index is 1010. The molecule has 0 aliphatic heterocycles. The van der Waals surface area contributed by atoms with Gasteiger partial charge in [-0.1, -0.05) is 11.3 Å². The van der Waals surface area contributed by atoms with Gasteiger partial charge in [0.15, 0.2) is 16.4 Å². The summed E-state index contributed by atoms with van der Waals surface area (Å²) in [5.74, 6) is -2.96. The van der Waals surface area contributed by atoms with E-state index < -0.39 is 23.5 Å². The molecule has 0 N–H and O–H groups in total. The number of carbonyl (C=O) groups is 2. The van der Waals surface area contributed by atoms with Gasteiger partial charge in [0.05, 0.1) is 23.1 Å². The van der Waals surface area contributed by atoms with Crippen molar-refractivity contribution in [3.05, 3.63) is 52.7 Å². The maximum absolute atomic E-state index is 14.2. The molecule has 0 fully saturated rings. The molecule has 0 saturated heterocycles. The van der Waals surface area contributed by atoms with Crippen LogP contribution in [0.25, 0.3) is 10.2 Å². The first-order valence-electron chi connectivity index (χ1n) is 7.26. The number of halogens is 2. The fourth-order valence-electron chi connectivity index (χ4n) is 2.24. The average Bonchev–Trinajstić information content (AvgIpc) is 3.16. The number of benzene rings is 1. The Morgan fingerprint density at radius 3 is 2.84 bits per heavy atom. The predicted octanol–water partition coefficient (Wildman–Crippen LogP) is 2.88. The van der Waals surface area contributed by atoms with Gasteiger partial charge in [-0.25, -0.2) is 8.78 Å². The summed E-state index contributed by atoms with van der Waals surface area (Å²) >= 11 is 0.884. The van der Waals surface area contributed by atoms with E-state index in [1.54, 1.807) is 6.92 Å². The second-order valence-corrected chi connectivity index (χ2v) is 5.91. The molecule has 130 valence electrons. The van der Waals surface area contributed by atoms with Crippen LogP contribution in [0.15, 0.2) is 39.9 Å². The molecule has 0 radical (unpaired) electrons. The van der Waals surface area contributed by atoms with Gasteiger partial charge in [0.25, 0.3) is 0 Å². The molecule has 3 aromatic rings. The molecule has 0 aliphatic carbocycles. The van der Waals surface area contributed by atoms with Crippen LogP contribution in [0, 0.1) is 11.6 Å². The maximum atomic E-state index is 14.2. The number of hydrogen-bond acceptors (Lipinski definition) is 5. The third-order valence-electron chi connectivity index (χ3n) is 3.22. The van der Waals surface area contributed by atoms with Crippen molar-refractivity contribution in [2.45, 2.75) is 13.5 Å². The van der Waals surface area contributed by atoms with Gasteiger partial charge in [0.2, 0.25) is 0 Å². The molecular weight excluding hydrogens is 354 g/mol. The Hall–Kier alpha value is -2.81. The van der Waals surface area contributed by atoms with Crippen molar-refractivity contribution in [2.24, 2.45) is 4.99 Å². The van der Waals surface area contributed by atoms with E-state index in [1.807, 2.05) is 0 Å². The third-order valence-corrected chi connectivity index (χ3v) is 4.24. The number of ether oxygens (including phenoxy) is 1. The molecule has 6 nitrogen and oxygen atoms in total. The summed E-state index contributed by atoms with van der Waals surface area (Å²) in [5.41, 5.74) is -0.0227. The topological polar surface area (TPSA) is 73.8 Å². The number of amides is 1. The standard InChI is InChI=1S/C16H12F2N2O4S/c1-2-23-13(21)8-20-14-10(18)6-9(17)7-12(14)25-16(20)19-15(22)11-4-3-5-24-11/h3-7H,2,8H2,1H3. The molecule has 0 atom stereocenters. The zero-order valence-electron chi connectivity index (χ0n) is 13.0. The van der Waals surface area contributed by atoms with Gasteiger partial charge in [-0.3, -0.25) is 9.59 Å². The van der Waals surface area contributed by atoms with Gasteiger partial charge >= 0.3 is 11.9 Å². The highest BCUT2D eigenvalue weighted by molar-refractivity contribution is 7.16. The summed E-state index contributed by atoms with van der Waals surface area (Å²) in [6.45, 7) is 1.42. The van der Waals surface area contributed by atoms with E-state index in [9.17, 15) is 18.4 Å². The number of thiazole rings is 1. The molecule has 0 spiro atoms. The first-order valence-corrected chi connectivity index (χ1v) is 8.07. The largest absolute Gasteiger partial charge is 0.465 e. The molecule has 1 amide bonds. The van der Waals surface area contributed by atoms with E-state index in [-0.39, 0.29) is 33.9 Å². The van der Waals surface area contributed by atoms with Gasteiger partial charge in [0.1, 0.15) is 12.4 Å². The fraction of sp³-hybridized carbons (Fsp3) is 0.188. The summed E-state index contributed by atoms with van der Waals surface area (Å²) in [5, 5.41) is 0. The molecule has 1 aromatic carbocycles. The quantitative estimate of drug-likeness (QED) is 0.666. The SMILES string of the molecule is CCOC(=O)Cn1c(=NC(=O)c2ccco2)sc2cc(F)cc(F)c21. The number of esters is 1. The summed E-state index contributed by atoms with van der Waals surface area (Å²) in [6, 6.07) is 4.76. The lowest BCUT2D eigenvalue weighted by atomic mass is 10.3. The second-order valence-electron chi connectivity index (χ2n) is 4.90. The van der Waals surface area contributed by atoms with Crippen LogP contribution in [0.3, 0.4) is 0 Å². The summed E-state index contributed by atoms with van der Waals surface area (Å²) in [7, 11) is 0. The minimum absolute atomic E-state index is 0.00760. The number of furan rings is 1. The first-order chi connectivity index (χ1) is 12.0. The Labute approximate surface area is 144 Å². The molecule has 9 heteroatoms. The first kappa shape index (κ1) is 17.0. The number of fused-ring (bicyclic) bond motifs is 1. The molecule has 2 aromatic heterocycles. The lowest BCUT2D eigenvalue weighted by Crippen LogP contribution is -2.23. The number of carbonyl (C=O) groups excluding carboxylic acids is 2. The maximum Gasteiger partial charge on any atom is 0.326 e. The van der Waals surface area contributed by atoms with Crippen LogP contribution in [0.4, 0.5) is 8.78 Å². The molecule has 0 saturated carbocycles. The normalized spacial score (nSPS) is 11.9. The molecule has 25 heavy (non-hydrogen) atoms. The van der Waals surface area contributed by atoms with E-state index in [0.29, 0.717) is 6.07 Å². The molecule has 2 heterocycles. The van der Waals surface area contributed by atoms with E-state index in [1.165, 1.54) is 23.0 Å². The monoisotopic (exact) mass is 366 g/mol. The molecular formula is C16H12F2N2O4S. The summed E-state index contributed by atoms with van der Waals surface area (Å²) in [6.07, 6.45) is 1.31. The van der Waals surface area contributed by atoms with Crippen molar-refractivity contribution in [3.63, 3.8) is 0 Å². The Kier molecular flexibility index (Phi) is 4.75. The Morgan fingerprint density at radius 2 is 2.16 bits per heavy atom. The number of hydrogen-bond donors (Lipinski definition) is 0. The van der Waals surface area contributed by atoms with Crippen LogP contribution in [0.2, 0.25) is 0 Å². The minimum Gasteiger partial charge on any atom is -0.465 e. The van der Waals surface area contributed by atoms with Crippen molar-refractivity contribution in [3.8, 4) is 0 Å². The van der Waals surface area contributed by atoms with Crippen molar-refractivity contribution in [1.82, 2.24) is 4.57 Å². The zero-order chi connectivity index (χ0) is 18.0. The van der Waals surface area contributed by atoms with E-state index >= 15 is 0 Å². The molecule has 0 bridgehead atoms. The zero-order valence-corrected chi connectivity index (χ0v) is 13.8. The van der Waals surface area contributed by atoms with E-state index in [4.69, 9.17) is 9.15 Å². The average molecular weight is 366 g/mol.